The van der Waals surface area contributed by atoms with E-state index >= 15 is 0 Å². The Morgan fingerprint density at radius 3 is 2.71 bits per heavy atom. The highest BCUT2D eigenvalue weighted by molar-refractivity contribution is 6.30. The van der Waals surface area contributed by atoms with Crippen LogP contribution in [0.5, 0.6) is 0 Å². The molecule has 1 amide bonds. The first-order valence-corrected chi connectivity index (χ1v) is 13.1. The van der Waals surface area contributed by atoms with Crippen molar-refractivity contribution < 1.29 is 13.9 Å². The number of nitrogens with one attached hydrogen (secondary N) is 2. The fraction of sp³-hybridized carbons (Fsp3) is 0.393. The molecule has 2 aliphatic rings. The van der Waals surface area contributed by atoms with Crippen molar-refractivity contribution in [3.63, 3.8) is 0 Å². The number of hydrogen-bond donors (Lipinski definition) is 2. The predicted octanol–water partition coefficient (Wildman–Crippen LogP) is 4.52. The Hall–Kier alpha value is -3.27. The van der Waals surface area contributed by atoms with Crippen LogP contribution in [0.25, 0.3) is 5.57 Å². The third-order valence-electron chi connectivity index (χ3n) is 6.51. The van der Waals surface area contributed by atoms with Gasteiger partial charge in [0.15, 0.2) is 0 Å². The summed E-state index contributed by atoms with van der Waals surface area (Å²) in [5.74, 6) is 0.389. The van der Waals surface area contributed by atoms with Gasteiger partial charge in [0.25, 0.3) is 0 Å². The quantitative estimate of drug-likeness (QED) is 0.262. The lowest BCUT2D eigenvalue weighted by Gasteiger charge is -2.32. The lowest BCUT2D eigenvalue weighted by molar-refractivity contribution is -0.117. The molecule has 2 fully saturated rings. The number of ether oxygens (including phenoxy) is 1. The molecule has 0 bridgehead atoms. The van der Waals surface area contributed by atoms with Crippen molar-refractivity contribution in [1.82, 2.24) is 14.8 Å². The Morgan fingerprint density at radius 2 is 2.00 bits per heavy atom. The number of benzene rings is 1. The number of allylic oxidation sites excluding steroid dienone is 2. The Kier molecular flexibility index (Phi) is 9.49. The molecule has 1 aromatic heterocycles. The van der Waals surface area contributed by atoms with Crippen LogP contribution in [-0.4, -0.2) is 80.0 Å². The average molecular weight is 541 g/mol. The number of nitrogens with zero attached hydrogens (tertiary/aromatic N) is 4. The van der Waals surface area contributed by atoms with Crippen LogP contribution in [0.1, 0.15) is 18.4 Å². The van der Waals surface area contributed by atoms with Crippen LogP contribution in [0.4, 0.5) is 15.9 Å². The molecule has 38 heavy (non-hydrogen) atoms. The molecule has 1 aromatic carbocycles. The Morgan fingerprint density at radius 1 is 1.24 bits per heavy atom. The van der Waals surface area contributed by atoms with E-state index in [0.717, 1.165) is 45.6 Å². The van der Waals surface area contributed by atoms with E-state index < -0.39 is 5.82 Å². The highest BCUT2D eigenvalue weighted by atomic mass is 35.5. The van der Waals surface area contributed by atoms with Gasteiger partial charge in [-0.3, -0.25) is 14.7 Å². The van der Waals surface area contributed by atoms with Crippen LogP contribution in [-0.2, 0) is 9.53 Å². The maximum Gasteiger partial charge on any atom is 0.232 e. The molecule has 1 aliphatic carbocycles. The summed E-state index contributed by atoms with van der Waals surface area (Å²) < 4.78 is 20.7. The number of anilines is 2. The van der Waals surface area contributed by atoms with Crippen LogP contribution in [0.15, 0.2) is 59.9 Å². The minimum atomic E-state index is -0.435. The minimum Gasteiger partial charge on any atom is -0.475 e. The zero-order valence-electron chi connectivity index (χ0n) is 21.8. The number of aliphatic imine (C=N–C) groups is 1. The van der Waals surface area contributed by atoms with E-state index in [2.05, 4.69) is 44.0 Å². The van der Waals surface area contributed by atoms with Crippen molar-refractivity contribution in [3.8, 4) is 0 Å². The Labute approximate surface area is 228 Å². The molecule has 1 saturated heterocycles. The topological polar surface area (TPSA) is 82.1 Å². The zero-order valence-corrected chi connectivity index (χ0v) is 22.6. The van der Waals surface area contributed by atoms with Gasteiger partial charge in [0, 0.05) is 74.2 Å². The number of likely N-dealkylation sites (N-methyl/N-ethyl adjacent to an activating group) is 1. The number of halogens is 2. The molecule has 1 saturated carbocycles. The minimum absolute atomic E-state index is 0.0294. The summed E-state index contributed by atoms with van der Waals surface area (Å²) in [5.41, 5.74) is 1.81. The van der Waals surface area contributed by atoms with Crippen molar-refractivity contribution in [3.05, 3.63) is 71.3 Å². The van der Waals surface area contributed by atoms with Crippen LogP contribution in [0.3, 0.4) is 0 Å². The van der Waals surface area contributed by atoms with E-state index in [1.54, 1.807) is 31.5 Å². The monoisotopic (exact) mass is 540 g/mol. The fourth-order valence-corrected chi connectivity index (χ4v) is 4.23. The van der Waals surface area contributed by atoms with E-state index in [4.69, 9.17) is 16.3 Å². The third kappa shape index (κ3) is 7.86. The molecule has 4 rings (SSSR count). The molecule has 2 heterocycles. The zero-order chi connectivity index (χ0) is 27.1. The summed E-state index contributed by atoms with van der Waals surface area (Å²) in [6.07, 6.45) is 5.09. The first-order chi connectivity index (χ1) is 18.3. The van der Waals surface area contributed by atoms with Crippen LogP contribution in [0, 0.1) is 11.7 Å². The first kappa shape index (κ1) is 27.8. The summed E-state index contributed by atoms with van der Waals surface area (Å²) in [5, 5.41) is 6.55. The van der Waals surface area contributed by atoms with Crippen molar-refractivity contribution in [2.24, 2.45) is 10.9 Å². The van der Waals surface area contributed by atoms with Gasteiger partial charge in [-0.2, -0.15) is 0 Å². The molecule has 1 aliphatic heterocycles. The van der Waals surface area contributed by atoms with Crippen LogP contribution in [0.2, 0.25) is 5.02 Å². The molecule has 0 radical (unpaired) electrons. The number of aromatic nitrogens is 1. The second kappa shape index (κ2) is 13.0. The van der Waals surface area contributed by atoms with Gasteiger partial charge < -0.3 is 20.3 Å². The van der Waals surface area contributed by atoms with E-state index in [9.17, 15) is 9.18 Å². The Balaban J connectivity index is 1.53. The number of carbonyl (C=O) groups excluding carboxylic acids is 1. The molecule has 10 heteroatoms. The summed E-state index contributed by atoms with van der Waals surface area (Å²) in [7, 11) is 3.76. The Bertz CT molecular complexity index is 1220. The van der Waals surface area contributed by atoms with Gasteiger partial charge in [-0.05, 0) is 55.8 Å². The van der Waals surface area contributed by atoms with E-state index in [1.165, 1.54) is 18.2 Å². The number of amides is 1. The second-order valence-electron chi connectivity index (χ2n) is 9.55. The van der Waals surface area contributed by atoms with Crippen LogP contribution < -0.4 is 10.6 Å². The van der Waals surface area contributed by atoms with Gasteiger partial charge in [-0.1, -0.05) is 18.2 Å². The predicted molar refractivity (Wildman–Crippen MR) is 151 cm³/mol. The molecule has 2 aromatic rings. The third-order valence-corrected chi connectivity index (χ3v) is 6.74. The molecule has 0 atom stereocenters. The largest absolute Gasteiger partial charge is 0.475 e. The average Bonchev–Trinajstić information content (AvgIpc) is 3.75. The normalized spacial score (nSPS) is 17.3. The SMILES string of the molecule is C=C(/C=C(/Nc1ccnc(NC(=O)C2CC2)c1)C(=NC)OCCN1CCN(C)CC1)c1cc(Cl)ccc1F. The second-order valence-corrected chi connectivity index (χ2v) is 9.98. The first-order valence-electron chi connectivity index (χ1n) is 12.7. The van der Waals surface area contributed by atoms with Crippen molar-refractivity contribution in [1.29, 1.82) is 0 Å². The van der Waals surface area contributed by atoms with Gasteiger partial charge in [0.1, 0.15) is 23.9 Å². The van der Waals surface area contributed by atoms with E-state index in [0.29, 0.717) is 40.3 Å². The molecule has 8 nitrogen and oxygen atoms in total. The lowest BCUT2D eigenvalue weighted by Crippen LogP contribution is -2.45. The molecule has 202 valence electrons. The lowest BCUT2D eigenvalue weighted by atomic mass is 10.1. The van der Waals surface area contributed by atoms with Gasteiger partial charge in [-0.15, -0.1) is 0 Å². The number of hydrogen-bond acceptors (Lipinski definition) is 7. The van der Waals surface area contributed by atoms with Crippen molar-refractivity contribution in [2.75, 3.05) is 64.1 Å². The standard InChI is InChI=1S/C28H34ClFN6O2/c1-19(23-17-21(29)6-7-24(23)30)16-25(28(31-2)38-15-14-36-12-10-35(3)11-13-36)33-22-8-9-32-26(18-22)34-27(37)20-4-5-20/h6-9,16-18,20H,1,4-5,10-15H2,2-3H3,(H2,32,33,34,37)/b25-16+,31-28?. The van der Waals surface area contributed by atoms with Gasteiger partial charge in [0.2, 0.25) is 11.8 Å². The summed E-state index contributed by atoms with van der Waals surface area (Å²) in [4.78, 5) is 25.5. The highest BCUT2D eigenvalue weighted by Crippen LogP contribution is 2.30. The number of carbonyl (C=O) groups is 1. The van der Waals surface area contributed by atoms with Gasteiger partial charge >= 0.3 is 0 Å². The van der Waals surface area contributed by atoms with E-state index in [-0.39, 0.29) is 17.4 Å². The van der Waals surface area contributed by atoms with E-state index in [1.807, 2.05) is 0 Å². The maximum absolute atomic E-state index is 14.6. The maximum atomic E-state index is 14.6. The molecule has 0 spiro atoms. The molecular weight excluding hydrogens is 507 g/mol. The summed E-state index contributed by atoms with van der Waals surface area (Å²) in [6.45, 7) is 9.27. The summed E-state index contributed by atoms with van der Waals surface area (Å²) >= 11 is 6.11. The summed E-state index contributed by atoms with van der Waals surface area (Å²) in [6, 6.07) is 7.83. The van der Waals surface area contributed by atoms with Crippen molar-refractivity contribution >= 4 is 40.5 Å². The molecule has 0 unspecified atom stereocenters. The number of rotatable bonds is 10. The smallest absolute Gasteiger partial charge is 0.232 e. The highest BCUT2D eigenvalue weighted by Gasteiger charge is 2.29. The number of piperazine rings is 1. The fourth-order valence-electron chi connectivity index (χ4n) is 4.06. The van der Waals surface area contributed by atoms with Crippen LogP contribution >= 0.6 is 11.6 Å². The molecular formula is C28H34ClFN6O2. The van der Waals surface area contributed by atoms with Crippen molar-refractivity contribution in [2.45, 2.75) is 12.8 Å². The van der Waals surface area contributed by atoms with Gasteiger partial charge in [0.05, 0.1) is 0 Å². The van der Waals surface area contributed by atoms with Gasteiger partial charge in [-0.25, -0.2) is 9.37 Å². The molecule has 2 N–H and O–H groups in total. The number of pyridine rings is 1.